The second-order valence-electron chi connectivity index (χ2n) is 5.61. The Bertz CT molecular complexity index is 390. The second kappa shape index (κ2) is 6.35. The van der Waals surface area contributed by atoms with Crippen LogP contribution in [-0.2, 0) is 0 Å². The van der Waals surface area contributed by atoms with Gasteiger partial charge in [0.25, 0.3) is 0 Å². The van der Waals surface area contributed by atoms with Gasteiger partial charge in [-0.15, -0.1) is 0 Å². The number of hydrogen-bond donors (Lipinski definition) is 1. The van der Waals surface area contributed by atoms with Crippen molar-refractivity contribution in [3.8, 4) is 0 Å². The third-order valence-corrected chi connectivity index (χ3v) is 4.19. The lowest BCUT2D eigenvalue weighted by molar-refractivity contribution is 0.314. The SMILES string of the molecule is CCC(N)c1ccc(N(C)CC2CCCN2C)cn1. The average Bonchev–Trinajstić information content (AvgIpc) is 2.83. The third kappa shape index (κ3) is 3.45. The summed E-state index contributed by atoms with van der Waals surface area (Å²) in [4.78, 5) is 9.23. The first-order valence-corrected chi connectivity index (χ1v) is 7.24. The third-order valence-electron chi connectivity index (χ3n) is 4.19. The molecule has 2 N–H and O–H groups in total. The Morgan fingerprint density at radius 1 is 1.53 bits per heavy atom. The van der Waals surface area contributed by atoms with E-state index in [9.17, 15) is 0 Å². The van der Waals surface area contributed by atoms with Gasteiger partial charge >= 0.3 is 0 Å². The van der Waals surface area contributed by atoms with Gasteiger partial charge < -0.3 is 15.5 Å². The summed E-state index contributed by atoms with van der Waals surface area (Å²) in [5, 5.41) is 0. The highest BCUT2D eigenvalue weighted by Gasteiger charge is 2.22. The summed E-state index contributed by atoms with van der Waals surface area (Å²) in [5.41, 5.74) is 8.15. The smallest absolute Gasteiger partial charge is 0.0572 e. The summed E-state index contributed by atoms with van der Waals surface area (Å²) in [6.07, 6.45) is 5.49. The summed E-state index contributed by atoms with van der Waals surface area (Å²) in [6, 6.07) is 4.91. The largest absolute Gasteiger partial charge is 0.372 e. The zero-order chi connectivity index (χ0) is 13.8. The standard InChI is InChI=1S/C15H26N4/c1-4-14(16)15-8-7-12(10-17-15)19(3)11-13-6-5-9-18(13)2/h7-8,10,13-14H,4-6,9,11,16H2,1-3H3. The summed E-state index contributed by atoms with van der Waals surface area (Å²) in [6.45, 7) is 4.38. The summed E-state index contributed by atoms with van der Waals surface area (Å²) in [7, 11) is 4.36. The van der Waals surface area contributed by atoms with Crippen molar-refractivity contribution >= 4 is 5.69 Å². The van der Waals surface area contributed by atoms with E-state index in [1.807, 2.05) is 6.20 Å². The average molecular weight is 262 g/mol. The molecule has 1 saturated heterocycles. The van der Waals surface area contributed by atoms with E-state index in [1.165, 1.54) is 25.1 Å². The molecule has 0 bridgehead atoms. The number of likely N-dealkylation sites (N-methyl/N-ethyl adjacent to an activating group) is 2. The second-order valence-corrected chi connectivity index (χ2v) is 5.61. The number of nitrogens with zero attached hydrogens (tertiary/aromatic N) is 3. The van der Waals surface area contributed by atoms with Crippen LogP contribution in [0.25, 0.3) is 0 Å². The minimum Gasteiger partial charge on any atom is -0.372 e. The van der Waals surface area contributed by atoms with Crippen molar-refractivity contribution in [2.75, 3.05) is 32.1 Å². The van der Waals surface area contributed by atoms with Gasteiger partial charge in [0.15, 0.2) is 0 Å². The fourth-order valence-electron chi connectivity index (χ4n) is 2.68. The van der Waals surface area contributed by atoms with Gasteiger partial charge in [0, 0.05) is 25.7 Å². The Morgan fingerprint density at radius 3 is 2.84 bits per heavy atom. The summed E-state index contributed by atoms with van der Waals surface area (Å²) < 4.78 is 0. The summed E-state index contributed by atoms with van der Waals surface area (Å²) >= 11 is 0. The fraction of sp³-hybridized carbons (Fsp3) is 0.667. The lowest BCUT2D eigenvalue weighted by Gasteiger charge is -2.27. The first-order chi connectivity index (χ1) is 9.11. The van der Waals surface area contributed by atoms with Crippen LogP contribution in [0.3, 0.4) is 0 Å². The maximum Gasteiger partial charge on any atom is 0.0572 e. The van der Waals surface area contributed by atoms with Crippen molar-refractivity contribution in [1.82, 2.24) is 9.88 Å². The number of aromatic nitrogens is 1. The van der Waals surface area contributed by atoms with Gasteiger partial charge in [-0.05, 0) is 45.0 Å². The van der Waals surface area contributed by atoms with E-state index < -0.39 is 0 Å². The van der Waals surface area contributed by atoms with Gasteiger partial charge in [-0.25, -0.2) is 0 Å². The molecule has 2 unspecified atom stereocenters. The van der Waals surface area contributed by atoms with Gasteiger partial charge in [-0.3, -0.25) is 4.98 Å². The number of likely N-dealkylation sites (tertiary alicyclic amines) is 1. The predicted molar refractivity (Wildman–Crippen MR) is 80.4 cm³/mol. The number of nitrogens with two attached hydrogens (primary N) is 1. The molecule has 0 amide bonds. The van der Waals surface area contributed by atoms with E-state index in [1.54, 1.807) is 0 Å². The molecule has 1 fully saturated rings. The molecule has 1 aromatic heterocycles. The normalized spacial score (nSPS) is 21.6. The van der Waals surface area contributed by atoms with E-state index in [2.05, 4.69) is 47.9 Å². The molecule has 0 aliphatic carbocycles. The zero-order valence-electron chi connectivity index (χ0n) is 12.3. The molecule has 4 nitrogen and oxygen atoms in total. The first-order valence-electron chi connectivity index (χ1n) is 7.24. The highest BCUT2D eigenvalue weighted by atomic mass is 15.2. The van der Waals surface area contributed by atoms with E-state index >= 15 is 0 Å². The molecule has 0 radical (unpaired) electrons. The van der Waals surface area contributed by atoms with Crippen molar-refractivity contribution in [3.63, 3.8) is 0 Å². The Balaban J connectivity index is 1.97. The van der Waals surface area contributed by atoms with Gasteiger partial charge in [-0.1, -0.05) is 6.92 Å². The molecule has 2 rings (SSSR count). The van der Waals surface area contributed by atoms with Gasteiger partial charge in [-0.2, -0.15) is 0 Å². The topological polar surface area (TPSA) is 45.4 Å². The van der Waals surface area contributed by atoms with Crippen LogP contribution >= 0.6 is 0 Å². The zero-order valence-corrected chi connectivity index (χ0v) is 12.3. The Labute approximate surface area is 116 Å². The molecule has 1 aromatic rings. The van der Waals surface area contributed by atoms with Crippen molar-refractivity contribution < 1.29 is 0 Å². The highest BCUT2D eigenvalue weighted by molar-refractivity contribution is 5.44. The van der Waals surface area contributed by atoms with Crippen LogP contribution in [0.4, 0.5) is 5.69 Å². The maximum atomic E-state index is 5.99. The Kier molecular flexibility index (Phi) is 4.77. The Morgan fingerprint density at radius 2 is 2.32 bits per heavy atom. The monoisotopic (exact) mass is 262 g/mol. The number of rotatable bonds is 5. The van der Waals surface area contributed by atoms with Gasteiger partial charge in [0.1, 0.15) is 0 Å². The first kappa shape index (κ1) is 14.3. The molecule has 19 heavy (non-hydrogen) atoms. The van der Waals surface area contributed by atoms with Crippen LogP contribution in [0, 0.1) is 0 Å². The fourth-order valence-corrected chi connectivity index (χ4v) is 2.68. The highest BCUT2D eigenvalue weighted by Crippen LogP contribution is 2.20. The van der Waals surface area contributed by atoms with Gasteiger partial charge in [0.05, 0.1) is 17.6 Å². The van der Waals surface area contributed by atoms with Crippen molar-refractivity contribution in [2.45, 2.75) is 38.3 Å². The van der Waals surface area contributed by atoms with E-state index in [4.69, 9.17) is 5.73 Å². The molecule has 106 valence electrons. The molecule has 0 aromatic carbocycles. The molecule has 2 atom stereocenters. The maximum absolute atomic E-state index is 5.99. The molecule has 2 heterocycles. The molecule has 1 aliphatic rings. The molecule has 0 saturated carbocycles. The van der Waals surface area contributed by atoms with Crippen molar-refractivity contribution in [3.05, 3.63) is 24.0 Å². The molecule has 0 spiro atoms. The van der Waals surface area contributed by atoms with Crippen LogP contribution in [0.1, 0.15) is 37.9 Å². The quantitative estimate of drug-likeness (QED) is 0.882. The van der Waals surface area contributed by atoms with Crippen LogP contribution in [0.5, 0.6) is 0 Å². The van der Waals surface area contributed by atoms with Crippen LogP contribution < -0.4 is 10.6 Å². The molecular formula is C15H26N4. The predicted octanol–water partition coefficient (Wildman–Crippen LogP) is 2.02. The van der Waals surface area contributed by atoms with E-state index in [0.29, 0.717) is 6.04 Å². The minimum absolute atomic E-state index is 0.0559. The van der Waals surface area contributed by atoms with E-state index in [-0.39, 0.29) is 6.04 Å². The minimum atomic E-state index is 0.0559. The van der Waals surface area contributed by atoms with Gasteiger partial charge in [0.2, 0.25) is 0 Å². The number of pyridine rings is 1. The molecule has 1 aliphatic heterocycles. The van der Waals surface area contributed by atoms with Crippen molar-refractivity contribution in [1.29, 1.82) is 0 Å². The van der Waals surface area contributed by atoms with Crippen LogP contribution in [0.2, 0.25) is 0 Å². The van der Waals surface area contributed by atoms with Crippen LogP contribution in [0.15, 0.2) is 18.3 Å². The van der Waals surface area contributed by atoms with Crippen LogP contribution in [-0.4, -0.2) is 43.1 Å². The Hall–Kier alpha value is -1.13. The summed E-state index contributed by atoms with van der Waals surface area (Å²) in [5.74, 6) is 0. The lowest BCUT2D eigenvalue weighted by Crippen LogP contribution is -2.36. The lowest BCUT2D eigenvalue weighted by atomic mass is 10.1. The molecular weight excluding hydrogens is 236 g/mol. The number of hydrogen-bond acceptors (Lipinski definition) is 4. The number of anilines is 1. The molecule has 4 heteroatoms. The van der Waals surface area contributed by atoms with E-state index in [0.717, 1.165) is 18.7 Å². The van der Waals surface area contributed by atoms with Crippen molar-refractivity contribution in [2.24, 2.45) is 5.73 Å².